The van der Waals surface area contributed by atoms with Crippen LogP contribution in [-0.2, 0) is 0 Å². The molecule has 3 aromatic rings. The molecule has 1 N–H and O–H groups in total. The van der Waals surface area contributed by atoms with Crippen LogP contribution in [0.4, 0.5) is 5.13 Å². The third-order valence-corrected chi connectivity index (χ3v) is 3.72. The van der Waals surface area contributed by atoms with Gasteiger partial charge in [0.25, 0.3) is 5.91 Å². The van der Waals surface area contributed by atoms with Crippen molar-refractivity contribution in [2.75, 3.05) is 5.32 Å². The SMILES string of the molecule is O=C(Nc1nnc(/C=C\c2ccccc2)s1)c1ccccc1. The van der Waals surface area contributed by atoms with Crippen molar-refractivity contribution < 1.29 is 4.79 Å². The monoisotopic (exact) mass is 307 g/mol. The Hall–Kier alpha value is -2.79. The standard InChI is InChI=1S/C17H13N3OS/c21-16(14-9-5-2-6-10-14)18-17-20-19-15(22-17)12-11-13-7-3-1-4-8-13/h1-12H,(H,18,20,21)/b12-11-. The molecule has 0 aliphatic rings. The van der Waals surface area contributed by atoms with Gasteiger partial charge in [0.1, 0.15) is 5.01 Å². The van der Waals surface area contributed by atoms with Gasteiger partial charge >= 0.3 is 0 Å². The smallest absolute Gasteiger partial charge is 0.257 e. The Bertz CT molecular complexity index is 782. The van der Waals surface area contributed by atoms with Gasteiger partial charge in [-0.05, 0) is 23.8 Å². The Balaban J connectivity index is 1.67. The lowest BCUT2D eigenvalue weighted by Gasteiger charge is -1.99. The highest BCUT2D eigenvalue weighted by Gasteiger charge is 2.08. The first kappa shape index (κ1) is 14.2. The molecule has 0 radical (unpaired) electrons. The molecule has 0 bridgehead atoms. The Labute approximate surface area is 132 Å². The maximum Gasteiger partial charge on any atom is 0.257 e. The van der Waals surface area contributed by atoms with Gasteiger partial charge < -0.3 is 0 Å². The Morgan fingerprint density at radius 1 is 0.909 bits per heavy atom. The fourth-order valence-electron chi connectivity index (χ4n) is 1.84. The average Bonchev–Trinajstić information content (AvgIpc) is 3.02. The Kier molecular flexibility index (Phi) is 4.36. The zero-order valence-corrected chi connectivity index (χ0v) is 12.5. The molecule has 0 aliphatic heterocycles. The van der Waals surface area contributed by atoms with Crippen LogP contribution >= 0.6 is 11.3 Å². The molecular weight excluding hydrogens is 294 g/mol. The average molecular weight is 307 g/mol. The highest BCUT2D eigenvalue weighted by Crippen LogP contribution is 2.18. The van der Waals surface area contributed by atoms with E-state index in [9.17, 15) is 4.79 Å². The van der Waals surface area contributed by atoms with Crippen molar-refractivity contribution >= 4 is 34.5 Å². The molecule has 108 valence electrons. The number of nitrogens with one attached hydrogen (secondary N) is 1. The maximum absolute atomic E-state index is 12.0. The van der Waals surface area contributed by atoms with Crippen LogP contribution in [0.15, 0.2) is 60.7 Å². The molecule has 1 heterocycles. The molecule has 3 rings (SSSR count). The summed E-state index contributed by atoms with van der Waals surface area (Å²) in [4.78, 5) is 12.0. The van der Waals surface area contributed by atoms with Crippen molar-refractivity contribution in [3.63, 3.8) is 0 Å². The number of carbonyl (C=O) groups excluding carboxylic acids is 1. The molecule has 0 unspecified atom stereocenters. The molecule has 1 amide bonds. The van der Waals surface area contributed by atoms with Crippen molar-refractivity contribution in [2.24, 2.45) is 0 Å². The minimum atomic E-state index is -0.185. The number of hydrogen-bond acceptors (Lipinski definition) is 4. The predicted molar refractivity (Wildman–Crippen MR) is 89.7 cm³/mol. The van der Waals surface area contributed by atoms with Crippen LogP contribution in [0.1, 0.15) is 20.9 Å². The van der Waals surface area contributed by atoms with E-state index in [1.54, 1.807) is 12.1 Å². The molecule has 0 aliphatic carbocycles. The largest absolute Gasteiger partial charge is 0.296 e. The van der Waals surface area contributed by atoms with Crippen molar-refractivity contribution in [1.29, 1.82) is 0 Å². The number of benzene rings is 2. The molecule has 0 saturated carbocycles. The molecule has 0 saturated heterocycles. The summed E-state index contributed by atoms with van der Waals surface area (Å²) in [5, 5.41) is 12.0. The van der Waals surface area contributed by atoms with E-state index in [1.165, 1.54) is 11.3 Å². The molecule has 0 spiro atoms. The van der Waals surface area contributed by atoms with Crippen LogP contribution in [0.2, 0.25) is 0 Å². The third-order valence-electron chi connectivity index (χ3n) is 2.92. The fraction of sp³-hybridized carbons (Fsp3) is 0. The molecule has 1 aromatic heterocycles. The number of nitrogens with zero attached hydrogens (tertiary/aromatic N) is 2. The van der Waals surface area contributed by atoms with Gasteiger partial charge in [0.2, 0.25) is 5.13 Å². The lowest BCUT2D eigenvalue weighted by Crippen LogP contribution is -2.11. The number of hydrogen-bond donors (Lipinski definition) is 1. The first-order chi connectivity index (χ1) is 10.8. The molecule has 2 aromatic carbocycles. The van der Waals surface area contributed by atoms with Gasteiger partial charge in [-0.2, -0.15) is 0 Å². The molecule has 0 atom stereocenters. The zero-order valence-electron chi connectivity index (χ0n) is 11.6. The second-order valence-electron chi connectivity index (χ2n) is 4.51. The van der Waals surface area contributed by atoms with Gasteiger partial charge in [-0.15, -0.1) is 10.2 Å². The second kappa shape index (κ2) is 6.78. The Morgan fingerprint density at radius 3 is 2.32 bits per heavy atom. The minimum absolute atomic E-state index is 0.185. The van der Waals surface area contributed by atoms with E-state index in [-0.39, 0.29) is 5.91 Å². The van der Waals surface area contributed by atoms with Gasteiger partial charge in [0.15, 0.2) is 0 Å². The molecule has 22 heavy (non-hydrogen) atoms. The minimum Gasteiger partial charge on any atom is -0.296 e. The van der Waals surface area contributed by atoms with E-state index in [4.69, 9.17) is 0 Å². The maximum atomic E-state index is 12.0. The summed E-state index contributed by atoms with van der Waals surface area (Å²) in [6, 6.07) is 19.0. The van der Waals surface area contributed by atoms with Crippen LogP contribution in [0.5, 0.6) is 0 Å². The molecular formula is C17H13N3OS. The van der Waals surface area contributed by atoms with Crippen LogP contribution < -0.4 is 5.32 Å². The van der Waals surface area contributed by atoms with E-state index in [0.29, 0.717) is 10.7 Å². The van der Waals surface area contributed by atoms with E-state index >= 15 is 0 Å². The topological polar surface area (TPSA) is 54.9 Å². The van der Waals surface area contributed by atoms with E-state index in [2.05, 4.69) is 15.5 Å². The normalized spacial score (nSPS) is 10.7. The fourth-order valence-corrected chi connectivity index (χ4v) is 2.48. The van der Waals surface area contributed by atoms with Gasteiger partial charge in [-0.25, -0.2) is 0 Å². The van der Waals surface area contributed by atoms with Crippen molar-refractivity contribution in [3.05, 3.63) is 76.8 Å². The summed E-state index contributed by atoms with van der Waals surface area (Å²) in [7, 11) is 0. The van der Waals surface area contributed by atoms with E-state index in [0.717, 1.165) is 10.6 Å². The first-order valence-electron chi connectivity index (χ1n) is 6.74. The summed E-state index contributed by atoms with van der Waals surface area (Å²) in [6.07, 6.45) is 3.84. The summed E-state index contributed by atoms with van der Waals surface area (Å²) >= 11 is 1.33. The number of anilines is 1. The second-order valence-corrected chi connectivity index (χ2v) is 5.52. The molecule has 5 heteroatoms. The summed E-state index contributed by atoms with van der Waals surface area (Å²) < 4.78 is 0. The van der Waals surface area contributed by atoms with Crippen LogP contribution in [0, 0.1) is 0 Å². The predicted octanol–water partition coefficient (Wildman–Crippen LogP) is 3.96. The van der Waals surface area contributed by atoms with Crippen LogP contribution in [-0.4, -0.2) is 16.1 Å². The molecule has 0 fully saturated rings. The number of carbonyl (C=O) groups is 1. The number of amides is 1. The van der Waals surface area contributed by atoms with Crippen LogP contribution in [0.25, 0.3) is 12.2 Å². The van der Waals surface area contributed by atoms with Gasteiger partial charge in [0.05, 0.1) is 0 Å². The molecule has 4 nitrogen and oxygen atoms in total. The lowest BCUT2D eigenvalue weighted by atomic mass is 10.2. The van der Waals surface area contributed by atoms with Gasteiger partial charge in [-0.1, -0.05) is 65.9 Å². The summed E-state index contributed by atoms with van der Waals surface area (Å²) in [5.74, 6) is -0.185. The first-order valence-corrected chi connectivity index (χ1v) is 7.56. The summed E-state index contributed by atoms with van der Waals surface area (Å²) in [6.45, 7) is 0. The quantitative estimate of drug-likeness (QED) is 0.793. The van der Waals surface area contributed by atoms with Gasteiger partial charge in [0, 0.05) is 5.56 Å². The van der Waals surface area contributed by atoms with E-state index < -0.39 is 0 Å². The third kappa shape index (κ3) is 3.65. The zero-order chi connectivity index (χ0) is 15.2. The van der Waals surface area contributed by atoms with Crippen molar-refractivity contribution in [3.8, 4) is 0 Å². The number of rotatable bonds is 4. The van der Waals surface area contributed by atoms with Crippen LogP contribution in [0.3, 0.4) is 0 Å². The van der Waals surface area contributed by atoms with Crippen molar-refractivity contribution in [2.45, 2.75) is 0 Å². The Morgan fingerprint density at radius 2 is 1.59 bits per heavy atom. The van der Waals surface area contributed by atoms with E-state index in [1.807, 2.05) is 60.7 Å². The number of aromatic nitrogens is 2. The van der Waals surface area contributed by atoms with Crippen molar-refractivity contribution in [1.82, 2.24) is 10.2 Å². The summed E-state index contributed by atoms with van der Waals surface area (Å²) in [5.41, 5.74) is 1.69. The van der Waals surface area contributed by atoms with Gasteiger partial charge in [-0.3, -0.25) is 10.1 Å². The highest BCUT2D eigenvalue weighted by molar-refractivity contribution is 7.16. The highest BCUT2D eigenvalue weighted by atomic mass is 32.1. The lowest BCUT2D eigenvalue weighted by molar-refractivity contribution is 0.102.